The number of aromatic nitrogens is 1. The first kappa shape index (κ1) is 13.8. The fraction of sp³-hybridized carbons (Fsp3) is 0.364. The van der Waals surface area contributed by atoms with Crippen LogP contribution in [0.5, 0.6) is 0 Å². The van der Waals surface area contributed by atoms with Crippen LogP contribution in [-0.2, 0) is 9.59 Å². The maximum absolute atomic E-state index is 11.9. The second-order valence-electron chi connectivity index (χ2n) is 3.90. The molecule has 7 heteroatoms. The zero-order valence-corrected chi connectivity index (χ0v) is 12.7. The maximum Gasteiger partial charge on any atom is 0.229 e. The van der Waals surface area contributed by atoms with E-state index >= 15 is 0 Å². The third kappa shape index (κ3) is 3.05. The lowest BCUT2D eigenvalue weighted by atomic mass is 10.4. The normalized spacial score (nSPS) is 19.4. The molecule has 96 valence electrons. The summed E-state index contributed by atoms with van der Waals surface area (Å²) in [7, 11) is 0. The molecule has 2 heterocycles. The van der Waals surface area contributed by atoms with Crippen molar-refractivity contribution < 1.29 is 9.59 Å². The highest BCUT2D eigenvalue weighted by atomic mass is 79.9. The molecule has 0 saturated carbocycles. The van der Waals surface area contributed by atoms with Crippen LogP contribution in [0.4, 0.5) is 5.82 Å². The number of hydrogen-bond acceptors (Lipinski definition) is 4. The molecule has 18 heavy (non-hydrogen) atoms. The fourth-order valence-corrected chi connectivity index (χ4v) is 3.57. The number of rotatable bonds is 2. The summed E-state index contributed by atoms with van der Waals surface area (Å²) in [4.78, 5) is 28.7. The molecule has 1 aromatic rings. The molecule has 0 N–H and O–H groups in total. The number of carbonyl (C=O) groups is 2. The monoisotopic (exact) mass is 348 g/mol. The number of anilines is 1. The van der Waals surface area contributed by atoms with E-state index in [1.807, 2.05) is 0 Å². The van der Waals surface area contributed by atoms with E-state index in [1.54, 1.807) is 11.0 Å². The molecule has 0 bridgehead atoms. The third-order valence-corrected chi connectivity index (χ3v) is 4.24. The lowest BCUT2D eigenvalue weighted by Gasteiger charge is -2.16. The Hall–Kier alpha value is -0.590. The van der Waals surface area contributed by atoms with Gasteiger partial charge in [0.05, 0.1) is 9.50 Å². The second-order valence-corrected chi connectivity index (χ2v) is 6.67. The van der Waals surface area contributed by atoms with E-state index in [2.05, 4.69) is 20.9 Å². The molecule has 1 unspecified atom stereocenters. The van der Waals surface area contributed by atoms with Gasteiger partial charge in [0.2, 0.25) is 5.91 Å². The van der Waals surface area contributed by atoms with Crippen molar-refractivity contribution >= 4 is 56.1 Å². The van der Waals surface area contributed by atoms with Gasteiger partial charge in [-0.05, 0) is 22.0 Å². The average molecular weight is 350 g/mol. The Kier molecular flexibility index (Phi) is 4.29. The lowest BCUT2D eigenvalue weighted by molar-refractivity contribution is -0.117. The van der Waals surface area contributed by atoms with Crippen LogP contribution in [0.2, 0.25) is 5.02 Å². The molecule has 0 radical (unpaired) electrons. The SMILES string of the molecule is CC(=O)SC1CC(=O)N(c2ncc(Cl)cc2Br)C1. The second kappa shape index (κ2) is 5.59. The molecule has 1 aliphatic heterocycles. The molecule has 1 aliphatic rings. The highest BCUT2D eigenvalue weighted by Crippen LogP contribution is 2.32. The van der Waals surface area contributed by atoms with Crippen LogP contribution in [0, 0.1) is 0 Å². The van der Waals surface area contributed by atoms with Crippen molar-refractivity contribution in [3.8, 4) is 0 Å². The van der Waals surface area contributed by atoms with Crippen LogP contribution in [0.15, 0.2) is 16.7 Å². The molecule has 1 amide bonds. The Morgan fingerprint density at radius 3 is 3.00 bits per heavy atom. The van der Waals surface area contributed by atoms with Crippen LogP contribution >= 0.6 is 39.3 Å². The largest absolute Gasteiger partial charge is 0.295 e. The molecule has 1 atom stereocenters. The smallest absolute Gasteiger partial charge is 0.229 e. The van der Waals surface area contributed by atoms with E-state index in [1.165, 1.54) is 24.9 Å². The lowest BCUT2D eigenvalue weighted by Crippen LogP contribution is -2.26. The zero-order chi connectivity index (χ0) is 13.3. The number of thioether (sulfide) groups is 1. The van der Waals surface area contributed by atoms with Crippen molar-refractivity contribution in [1.82, 2.24) is 4.98 Å². The first-order valence-electron chi connectivity index (χ1n) is 5.26. The maximum atomic E-state index is 11.9. The molecule has 2 rings (SSSR count). The topological polar surface area (TPSA) is 50.3 Å². The third-order valence-electron chi connectivity index (χ3n) is 2.47. The highest BCUT2D eigenvalue weighted by molar-refractivity contribution is 9.10. The molecule has 4 nitrogen and oxygen atoms in total. The summed E-state index contributed by atoms with van der Waals surface area (Å²) >= 11 is 10.4. The highest BCUT2D eigenvalue weighted by Gasteiger charge is 2.33. The molecule has 0 aliphatic carbocycles. The predicted molar refractivity (Wildman–Crippen MR) is 76.0 cm³/mol. The van der Waals surface area contributed by atoms with Gasteiger partial charge in [0.25, 0.3) is 0 Å². The molecule has 1 aromatic heterocycles. The van der Waals surface area contributed by atoms with Crippen molar-refractivity contribution in [2.75, 3.05) is 11.4 Å². The minimum absolute atomic E-state index is 0.000576. The summed E-state index contributed by atoms with van der Waals surface area (Å²) in [5.41, 5.74) is 0. The zero-order valence-electron chi connectivity index (χ0n) is 9.52. The first-order chi connectivity index (χ1) is 8.47. The summed E-state index contributed by atoms with van der Waals surface area (Å²) in [6.07, 6.45) is 1.86. The van der Waals surface area contributed by atoms with Gasteiger partial charge in [-0.1, -0.05) is 23.4 Å². The van der Waals surface area contributed by atoms with Crippen molar-refractivity contribution in [2.45, 2.75) is 18.6 Å². The summed E-state index contributed by atoms with van der Waals surface area (Å²) in [6, 6.07) is 1.70. The summed E-state index contributed by atoms with van der Waals surface area (Å²) in [6.45, 7) is 2.00. The first-order valence-corrected chi connectivity index (χ1v) is 7.31. The van der Waals surface area contributed by atoms with Crippen LogP contribution in [0.3, 0.4) is 0 Å². The quantitative estimate of drug-likeness (QED) is 0.824. The van der Waals surface area contributed by atoms with E-state index in [-0.39, 0.29) is 16.3 Å². The summed E-state index contributed by atoms with van der Waals surface area (Å²) in [5.74, 6) is 0.528. The van der Waals surface area contributed by atoms with Gasteiger partial charge in [0.1, 0.15) is 5.82 Å². The molecular weight excluding hydrogens is 340 g/mol. The summed E-state index contributed by atoms with van der Waals surface area (Å²) in [5, 5.41) is 0.532. The van der Waals surface area contributed by atoms with Crippen molar-refractivity contribution in [2.24, 2.45) is 0 Å². The van der Waals surface area contributed by atoms with Gasteiger partial charge in [-0.25, -0.2) is 4.98 Å². The van der Waals surface area contributed by atoms with Gasteiger partial charge in [0.15, 0.2) is 5.12 Å². The van der Waals surface area contributed by atoms with Gasteiger partial charge >= 0.3 is 0 Å². The van der Waals surface area contributed by atoms with Gasteiger partial charge in [-0.2, -0.15) is 0 Å². The standard InChI is InChI=1S/C11H10BrClN2O2S/c1-6(16)18-8-3-10(17)15(5-8)11-9(12)2-7(13)4-14-11/h2,4,8H,3,5H2,1H3. The Bertz CT molecular complexity index is 512. The van der Waals surface area contributed by atoms with Gasteiger partial charge in [-0.3, -0.25) is 14.5 Å². The van der Waals surface area contributed by atoms with Crippen LogP contribution in [0.1, 0.15) is 13.3 Å². The van der Waals surface area contributed by atoms with Crippen molar-refractivity contribution in [3.05, 3.63) is 21.8 Å². The number of amides is 1. The number of pyridine rings is 1. The van der Waals surface area contributed by atoms with E-state index in [9.17, 15) is 9.59 Å². The Morgan fingerprint density at radius 2 is 2.39 bits per heavy atom. The molecule has 1 fully saturated rings. The Labute approximate surface area is 122 Å². The molecule has 1 saturated heterocycles. The fourth-order valence-electron chi connectivity index (χ4n) is 1.80. The predicted octanol–water partition coefficient (Wildman–Crippen LogP) is 2.88. The van der Waals surface area contributed by atoms with Crippen LogP contribution in [0.25, 0.3) is 0 Å². The molecular formula is C11H10BrClN2O2S. The van der Waals surface area contributed by atoms with E-state index < -0.39 is 0 Å². The van der Waals surface area contributed by atoms with Gasteiger partial charge < -0.3 is 0 Å². The Balaban J connectivity index is 2.19. The van der Waals surface area contributed by atoms with E-state index in [0.717, 1.165) is 0 Å². The van der Waals surface area contributed by atoms with Crippen LogP contribution in [-0.4, -0.2) is 27.8 Å². The Morgan fingerprint density at radius 1 is 1.67 bits per heavy atom. The minimum Gasteiger partial charge on any atom is -0.295 e. The molecule has 0 aromatic carbocycles. The average Bonchev–Trinajstić information content (AvgIpc) is 2.58. The summed E-state index contributed by atoms with van der Waals surface area (Å²) < 4.78 is 0.678. The minimum atomic E-state index is -0.0238. The van der Waals surface area contributed by atoms with E-state index in [0.29, 0.717) is 28.3 Å². The van der Waals surface area contributed by atoms with E-state index in [4.69, 9.17) is 11.6 Å². The number of hydrogen-bond donors (Lipinski definition) is 0. The van der Waals surface area contributed by atoms with Crippen molar-refractivity contribution in [1.29, 1.82) is 0 Å². The van der Waals surface area contributed by atoms with Crippen molar-refractivity contribution in [3.63, 3.8) is 0 Å². The number of carbonyl (C=O) groups excluding carboxylic acids is 2. The molecule has 0 spiro atoms. The number of nitrogens with zero attached hydrogens (tertiary/aromatic N) is 2. The van der Waals surface area contributed by atoms with Gasteiger partial charge in [0, 0.05) is 31.3 Å². The van der Waals surface area contributed by atoms with Crippen LogP contribution < -0.4 is 4.90 Å². The van der Waals surface area contributed by atoms with Gasteiger partial charge in [-0.15, -0.1) is 0 Å². The number of halogens is 2.